The minimum atomic E-state index is -4.56. The Morgan fingerprint density at radius 3 is 2.07 bits per heavy atom. The van der Waals surface area contributed by atoms with Gasteiger partial charge < -0.3 is 0 Å². The Balaban J connectivity index is 2.41. The van der Waals surface area contributed by atoms with Crippen LogP contribution in [-0.2, 0) is 12.4 Å². The lowest BCUT2D eigenvalue weighted by Crippen LogP contribution is -2.32. The molecule has 0 unspecified atom stereocenters. The maximum atomic E-state index is 13.0. The number of pyridine rings is 1. The molecule has 0 spiro atoms. The Labute approximate surface area is 161 Å². The summed E-state index contributed by atoms with van der Waals surface area (Å²) in [6.07, 6.45) is -8.51. The molecule has 0 N–H and O–H groups in total. The lowest BCUT2D eigenvalue weighted by molar-refractivity contribution is -0.138. The molecule has 0 saturated heterocycles. The van der Waals surface area contributed by atoms with E-state index >= 15 is 0 Å². The van der Waals surface area contributed by atoms with Gasteiger partial charge in [0.2, 0.25) is 0 Å². The van der Waals surface area contributed by atoms with Crippen LogP contribution in [0.5, 0.6) is 0 Å². The van der Waals surface area contributed by atoms with Gasteiger partial charge in [0.05, 0.1) is 16.7 Å². The zero-order valence-corrected chi connectivity index (χ0v) is 15.7. The third-order valence-electron chi connectivity index (χ3n) is 3.75. The van der Waals surface area contributed by atoms with E-state index in [2.05, 4.69) is 4.98 Å². The average Bonchev–Trinajstić information content (AvgIpc) is 2.61. The monoisotopic (exact) mass is 422 g/mol. The largest absolute Gasteiger partial charge is 0.417 e. The first kappa shape index (κ1) is 22.1. The Hall–Kier alpha value is -2.23. The van der Waals surface area contributed by atoms with Crippen molar-refractivity contribution in [2.45, 2.75) is 31.1 Å². The molecule has 0 aliphatic rings. The number of halogens is 6. The van der Waals surface area contributed by atoms with E-state index in [1.54, 1.807) is 13.8 Å². The van der Waals surface area contributed by atoms with E-state index in [4.69, 9.17) is 0 Å². The standard InChI is InChI=1S/C18H16F6N2OS/c1-3-26(15-8-6-12(10-25-15)18(22,23)24)16(27)13-7-5-11(17(19,20)21)9-14(13)28-4-2/h5-10H,3-4H2,1-2H3. The highest BCUT2D eigenvalue weighted by Crippen LogP contribution is 2.35. The SMILES string of the molecule is CCSc1cc(C(F)(F)F)ccc1C(=O)N(CC)c1ccc(C(F)(F)F)cn1. The van der Waals surface area contributed by atoms with Crippen molar-refractivity contribution in [3.8, 4) is 0 Å². The van der Waals surface area contributed by atoms with Crippen LogP contribution in [0.1, 0.15) is 35.3 Å². The van der Waals surface area contributed by atoms with Crippen LogP contribution in [-0.4, -0.2) is 23.2 Å². The van der Waals surface area contributed by atoms with Crippen molar-refractivity contribution in [2.24, 2.45) is 0 Å². The second-order valence-corrected chi connectivity index (χ2v) is 6.90. The predicted molar refractivity (Wildman–Crippen MR) is 94.4 cm³/mol. The number of hydrogen-bond donors (Lipinski definition) is 0. The van der Waals surface area contributed by atoms with Gasteiger partial charge in [0, 0.05) is 17.6 Å². The molecule has 2 rings (SSSR count). The predicted octanol–water partition coefficient (Wildman–Crippen LogP) is 5.90. The number of carbonyl (C=O) groups is 1. The molecule has 0 atom stereocenters. The molecule has 1 amide bonds. The molecule has 152 valence electrons. The summed E-state index contributed by atoms with van der Waals surface area (Å²) >= 11 is 1.07. The number of carbonyl (C=O) groups excluding carboxylic acids is 1. The molecule has 0 bridgehead atoms. The Bertz CT molecular complexity index is 833. The number of anilines is 1. The fourth-order valence-electron chi connectivity index (χ4n) is 2.42. The number of rotatable bonds is 5. The highest BCUT2D eigenvalue weighted by atomic mass is 32.2. The van der Waals surface area contributed by atoms with Gasteiger partial charge in [-0.3, -0.25) is 9.69 Å². The van der Waals surface area contributed by atoms with Crippen LogP contribution in [0.4, 0.5) is 32.2 Å². The Kier molecular flexibility index (Phi) is 6.63. The van der Waals surface area contributed by atoms with Crippen LogP contribution < -0.4 is 4.90 Å². The fourth-order valence-corrected chi connectivity index (χ4v) is 3.25. The average molecular weight is 422 g/mol. The first-order valence-electron chi connectivity index (χ1n) is 8.18. The second kappa shape index (κ2) is 8.42. The number of thioether (sulfide) groups is 1. The van der Waals surface area contributed by atoms with Crippen molar-refractivity contribution < 1.29 is 31.1 Å². The van der Waals surface area contributed by atoms with Crippen molar-refractivity contribution in [1.82, 2.24) is 4.98 Å². The van der Waals surface area contributed by atoms with E-state index in [-0.39, 0.29) is 22.8 Å². The van der Waals surface area contributed by atoms with Gasteiger partial charge in [-0.25, -0.2) is 4.98 Å². The number of alkyl halides is 6. The molecule has 10 heteroatoms. The first-order valence-corrected chi connectivity index (χ1v) is 9.16. The lowest BCUT2D eigenvalue weighted by atomic mass is 10.1. The van der Waals surface area contributed by atoms with Crippen LogP contribution in [0, 0.1) is 0 Å². The lowest BCUT2D eigenvalue weighted by Gasteiger charge is -2.22. The molecular weight excluding hydrogens is 406 g/mol. The third kappa shape index (κ3) is 4.98. The topological polar surface area (TPSA) is 33.2 Å². The van der Waals surface area contributed by atoms with E-state index in [9.17, 15) is 31.1 Å². The van der Waals surface area contributed by atoms with E-state index < -0.39 is 29.4 Å². The summed E-state index contributed by atoms with van der Waals surface area (Å²) < 4.78 is 76.9. The number of amides is 1. The maximum Gasteiger partial charge on any atom is 0.417 e. The first-order chi connectivity index (χ1) is 13.0. The molecule has 1 aromatic heterocycles. The Morgan fingerprint density at radius 2 is 1.61 bits per heavy atom. The second-order valence-electron chi connectivity index (χ2n) is 5.59. The quantitative estimate of drug-likeness (QED) is 0.445. The molecule has 0 aliphatic heterocycles. The highest BCUT2D eigenvalue weighted by molar-refractivity contribution is 7.99. The van der Waals surface area contributed by atoms with E-state index in [1.165, 1.54) is 0 Å². The fraction of sp³-hybridized carbons (Fsp3) is 0.333. The van der Waals surface area contributed by atoms with Crippen molar-refractivity contribution in [1.29, 1.82) is 0 Å². The molecular formula is C18H16F6N2OS. The van der Waals surface area contributed by atoms with E-state index in [1.807, 2.05) is 0 Å². The van der Waals surface area contributed by atoms with Crippen LogP contribution in [0.25, 0.3) is 0 Å². The summed E-state index contributed by atoms with van der Waals surface area (Å²) in [6, 6.07) is 4.64. The summed E-state index contributed by atoms with van der Waals surface area (Å²) in [6.45, 7) is 3.40. The number of hydrogen-bond acceptors (Lipinski definition) is 3. The summed E-state index contributed by atoms with van der Waals surface area (Å²) in [4.78, 5) is 17.8. The van der Waals surface area contributed by atoms with Gasteiger partial charge in [0.1, 0.15) is 5.82 Å². The van der Waals surface area contributed by atoms with Crippen LogP contribution in [0.2, 0.25) is 0 Å². The van der Waals surface area contributed by atoms with Gasteiger partial charge in [0.15, 0.2) is 0 Å². The number of benzene rings is 1. The molecule has 1 heterocycles. The summed E-state index contributed by atoms with van der Waals surface area (Å²) in [5.41, 5.74) is -1.81. The molecule has 1 aromatic carbocycles. The summed E-state index contributed by atoms with van der Waals surface area (Å²) in [5, 5.41) is 0. The van der Waals surface area contributed by atoms with Crippen molar-refractivity contribution >= 4 is 23.5 Å². The molecule has 3 nitrogen and oxygen atoms in total. The van der Waals surface area contributed by atoms with Crippen molar-refractivity contribution in [2.75, 3.05) is 17.2 Å². The smallest absolute Gasteiger partial charge is 0.293 e. The maximum absolute atomic E-state index is 13.0. The molecule has 0 saturated carbocycles. The zero-order chi connectivity index (χ0) is 21.1. The third-order valence-corrected chi connectivity index (χ3v) is 4.69. The zero-order valence-electron chi connectivity index (χ0n) is 14.9. The molecule has 2 aromatic rings. The van der Waals surface area contributed by atoms with Crippen molar-refractivity contribution in [3.05, 3.63) is 53.2 Å². The minimum absolute atomic E-state index is 0.0205. The van der Waals surface area contributed by atoms with Gasteiger partial charge in [-0.05, 0) is 43.0 Å². The Morgan fingerprint density at radius 1 is 1.00 bits per heavy atom. The van der Waals surface area contributed by atoms with Gasteiger partial charge in [-0.1, -0.05) is 6.92 Å². The van der Waals surface area contributed by atoms with Gasteiger partial charge in [-0.2, -0.15) is 26.3 Å². The van der Waals surface area contributed by atoms with Crippen LogP contribution in [0.15, 0.2) is 41.4 Å². The number of aromatic nitrogens is 1. The van der Waals surface area contributed by atoms with Crippen molar-refractivity contribution in [3.63, 3.8) is 0 Å². The summed E-state index contributed by atoms with van der Waals surface area (Å²) in [5.74, 6) is -0.223. The minimum Gasteiger partial charge on any atom is -0.293 e. The molecule has 0 fully saturated rings. The van der Waals surface area contributed by atoms with Crippen LogP contribution >= 0.6 is 11.8 Å². The molecule has 28 heavy (non-hydrogen) atoms. The molecule has 0 aliphatic carbocycles. The van der Waals surface area contributed by atoms with Gasteiger partial charge in [-0.15, -0.1) is 11.8 Å². The number of nitrogens with zero attached hydrogens (tertiary/aromatic N) is 2. The van der Waals surface area contributed by atoms with Gasteiger partial charge in [0.25, 0.3) is 5.91 Å². The normalized spacial score (nSPS) is 12.1. The van der Waals surface area contributed by atoms with E-state index in [0.717, 1.165) is 47.0 Å². The van der Waals surface area contributed by atoms with Crippen LogP contribution in [0.3, 0.4) is 0 Å². The molecule has 0 radical (unpaired) electrons. The van der Waals surface area contributed by atoms with E-state index in [0.29, 0.717) is 11.9 Å². The van der Waals surface area contributed by atoms with Gasteiger partial charge >= 0.3 is 12.4 Å². The highest BCUT2D eigenvalue weighted by Gasteiger charge is 2.33. The summed E-state index contributed by atoms with van der Waals surface area (Å²) in [7, 11) is 0.